The van der Waals surface area contributed by atoms with Crippen molar-refractivity contribution in [2.45, 2.75) is 95.0 Å². The maximum Gasteiger partial charge on any atom is 0.315 e. The molecule has 0 saturated carbocycles. The summed E-state index contributed by atoms with van der Waals surface area (Å²) in [5.74, 6) is 1.97. The number of thioether (sulfide) groups is 1. The van der Waals surface area contributed by atoms with Crippen molar-refractivity contribution in [2.75, 3.05) is 63.8 Å². The van der Waals surface area contributed by atoms with Gasteiger partial charge >= 0.3 is 6.03 Å². The smallest absolute Gasteiger partial charge is 0.315 e. The molecule has 269 valence electrons. The molecule has 0 spiro atoms. The predicted molar refractivity (Wildman–Crippen MR) is 180 cm³/mol. The number of nitrogens with one attached hydrogen (secondary N) is 5. The second-order valence-corrected chi connectivity index (χ2v) is 13.7. The van der Waals surface area contributed by atoms with Gasteiger partial charge in [0.15, 0.2) is 0 Å². The molecule has 0 bridgehead atoms. The Kier molecular flexibility index (Phi) is 19.1. The van der Waals surface area contributed by atoms with E-state index in [4.69, 9.17) is 18.9 Å². The molecule has 3 saturated heterocycles. The number of rotatable bonds is 23. The van der Waals surface area contributed by atoms with E-state index < -0.39 is 0 Å². The molecule has 0 aliphatic carbocycles. The van der Waals surface area contributed by atoms with Crippen LogP contribution < -0.4 is 26.6 Å². The Morgan fingerprint density at radius 3 is 2.46 bits per heavy atom. The number of imidazole rings is 1. The Labute approximate surface area is 314 Å². The minimum Gasteiger partial charge on any atom is -0.389 e. The molecule has 0 aromatic carbocycles. The average Bonchev–Trinajstić information content (AvgIpc) is 3.82. The van der Waals surface area contributed by atoms with Gasteiger partial charge in [0, 0.05) is 81.9 Å². The van der Waals surface area contributed by atoms with E-state index in [-0.39, 0.29) is 81.0 Å². The Balaban J connectivity index is 0.00000625. The molecular formula is C32H54N7O7SY-. The molecule has 4 amide bonds. The van der Waals surface area contributed by atoms with Crippen LogP contribution in [0.25, 0.3) is 0 Å². The van der Waals surface area contributed by atoms with Gasteiger partial charge < -0.3 is 50.1 Å². The summed E-state index contributed by atoms with van der Waals surface area (Å²) in [7, 11) is 0. The van der Waals surface area contributed by atoms with Crippen LogP contribution in [0.3, 0.4) is 0 Å². The van der Waals surface area contributed by atoms with Gasteiger partial charge in [0.05, 0.1) is 58.1 Å². The van der Waals surface area contributed by atoms with Gasteiger partial charge in [-0.3, -0.25) is 16.0 Å². The Morgan fingerprint density at radius 2 is 1.77 bits per heavy atom. The van der Waals surface area contributed by atoms with Crippen molar-refractivity contribution >= 4 is 35.4 Å². The van der Waals surface area contributed by atoms with Crippen LogP contribution in [-0.2, 0) is 61.2 Å². The molecule has 1 aromatic heterocycles. The van der Waals surface area contributed by atoms with E-state index in [0.29, 0.717) is 76.7 Å². The normalized spacial score (nSPS) is 25.1. The van der Waals surface area contributed by atoms with Crippen LogP contribution in [0.5, 0.6) is 0 Å². The van der Waals surface area contributed by atoms with E-state index in [1.54, 1.807) is 6.33 Å². The minimum atomic E-state index is -0.0786. The summed E-state index contributed by atoms with van der Waals surface area (Å²) in [6, 6.07) is 0.321. The van der Waals surface area contributed by atoms with Crippen LogP contribution >= 0.6 is 11.8 Å². The number of nitrogens with zero attached hydrogens (tertiary/aromatic N) is 2. The molecule has 3 aliphatic heterocycles. The molecule has 4 unspecified atom stereocenters. The Bertz CT molecular complexity index is 1120. The number of fused-ring (bicyclic) bond motifs is 1. The molecule has 1 aromatic rings. The number of urea groups is 1. The SMILES string of the molecule is CC[C@@H]1[CH-]C(C)[C@H](n2cnc(N[C@H](C)CC(=O)NCCOCCOCCOCCNC(=O)CCCCC3SCC4NC(=O)NC43)c2)O1.[Y]. The number of carbonyl (C=O) groups is 3. The van der Waals surface area contributed by atoms with E-state index in [2.05, 4.69) is 51.8 Å². The van der Waals surface area contributed by atoms with Crippen molar-refractivity contribution in [1.82, 2.24) is 30.8 Å². The van der Waals surface area contributed by atoms with Crippen molar-refractivity contribution in [3.63, 3.8) is 0 Å². The molecule has 14 nitrogen and oxygen atoms in total. The molecule has 7 atom stereocenters. The maximum atomic E-state index is 12.3. The van der Waals surface area contributed by atoms with Gasteiger partial charge in [-0.15, -0.1) is 5.92 Å². The van der Waals surface area contributed by atoms with Crippen LogP contribution in [-0.4, -0.2) is 115 Å². The van der Waals surface area contributed by atoms with Crippen molar-refractivity contribution in [3.05, 3.63) is 18.9 Å². The summed E-state index contributed by atoms with van der Waals surface area (Å²) in [4.78, 5) is 40.2. The van der Waals surface area contributed by atoms with E-state index in [0.717, 1.165) is 37.3 Å². The third-order valence-corrected chi connectivity index (χ3v) is 9.94. The first-order chi connectivity index (χ1) is 22.8. The van der Waals surface area contributed by atoms with Gasteiger partial charge in [-0.1, -0.05) is 32.8 Å². The number of carbonyl (C=O) groups excluding carboxylic acids is 3. The van der Waals surface area contributed by atoms with E-state index in [1.807, 2.05) is 29.4 Å². The fourth-order valence-corrected chi connectivity index (χ4v) is 7.53. The summed E-state index contributed by atoms with van der Waals surface area (Å²) >= 11 is 1.90. The van der Waals surface area contributed by atoms with Gasteiger partial charge in [-0.05, 0) is 19.8 Å². The summed E-state index contributed by atoms with van der Waals surface area (Å²) in [6.07, 6.45) is 10.6. The van der Waals surface area contributed by atoms with Crippen LogP contribution in [0.2, 0.25) is 0 Å². The first-order valence-electron chi connectivity index (χ1n) is 17.1. The Morgan fingerprint density at radius 1 is 1.08 bits per heavy atom. The molecular weight excluding hydrogens is 715 g/mol. The zero-order valence-electron chi connectivity index (χ0n) is 28.6. The molecule has 48 heavy (non-hydrogen) atoms. The summed E-state index contributed by atoms with van der Waals surface area (Å²) < 4.78 is 24.6. The second-order valence-electron chi connectivity index (χ2n) is 12.4. The number of hydrogen-bond donors (Lipinski definition) is 5. The van der Waals surface area contributed by atoms with Crippen molar-refractivity contribution < 1.29 is 66.0 Å². The molecule has 16 heteroatoms. The van der Waals surface area contributed by atoms with Crippen molar-refractivity contribution in [3.8, 4) is 0 Å². The standard InChI is InChI=1S/C32H54N7O7S.Y/c1-4-24-17-22(2)31(46-24)39-19-27(35-21-39)36-23(3)18-29(41)34-10-12-44-14-16-45-15-13-43-11-9-33-28(40)8-6-5-7-26-30-25(20-47-26)37-32(42)38-30;/h17,19,21-26,30-31,36H,4-16,18,20H2,1-3H3,(H,33,40)(H,34,41)(H2,37,38,42);/q-1;/t22?,23-,24-,25?,26?,30?,31-;/m1./s1. The van der Waals surface area contributed by atoms with E-state index >= 15 is 0 Å². The first kappa shape index (κ1) is 40.9. The second kappa shape index (κ2) is 22.4. The van der Waals surface area contributed by atoms with Gasteiger partial charge in [-0.25, -0.2) is 9.78 Å². The van der Waals surface area contributed by atoms with Gasteiger partial charge in [-0.2, -0.15) is 11.8 Å². The monoisotopic (exact) mass is 769 g/mol. The first-order valence-corrected chi connectivity index (χ1v) is 18.1. The molecule has 4 rings (SSSR count). The molecule has 5 N–H and O–H groups in total. The maximum absolute atomic E-state index is 12.3. The molecule has 4 heterocycles. The van der Waals surface area contributed by atoms with Crippen LogP contribution in [0.4, 0.5) is 10.6 Å². The van der Waals surface area contributed by atoms with Crippen LogP contribution in [0, 0.1) is 12.3 Å². The average molecular weight is 770 g/mol. The fraction of sp³-hybridized carbons (Fsp3) is 0.781. The molecule has 3 aliphatic rings. The summed E-state index contributed by atoms with van der Waals surface area (Å²) in [5, 5.41) is 15.4. The molecule has 3 fully saturated rings. The summed E-state index contributed by atoms with van der Waals surface area (Å²) in [6.45, 7) is 9.71. The third kappa shape index (κ3) is 14.0. The van der Waals surface area contributed by atoms with E-state index in [1.165, 1.54) is 0 Å². The Hall–Kier alpha value is -1.49. The predicted octanol–water partition coefficient (Wildman–Crippen LogP) is 2.23. The fourth-order valence-electron chi connectivity index (χ4n) is 5.99. The van der Waals surface area contributed by atoms with Crippen LogP contribution in [0.15, 0.2) is 12.5 Å². The number of anilines is 1. The zero-order valence-corrected chi connectivity index (χ0v) is 32.3. The van der Waals surface area contributed by atoms with Crippen molar-refractivity contribution in [1.29, 1.82) is 0 Å². The van der Waals surface area contributed by atoms with Crippen LogP contribution in [0.1, 0.15) is 65.5 Å². The van der Waals surface area contributed by atoms with Gasteiger partial charge in [0.1, 0.15) is 12.0 Å². The number of ether oxygens (including phenoxy) is 4. The third-order valence-electron chi connectivity index (χ3n) is 8.43. The molecule has 1 radical (unpaired) electrons. The van der Waals surface area contributed by atoms with Gasteiger partial charge in [0.25, 0.3) is 0 Å². The van der Waals surface area contributed by atoms with Gasteiger partial charge in [0.2, 0.25) is 11.8 Å². The number of aromatic nitrogens is 2. The summed E-state index contributed by atoms with van der Waals surface area (Å²) in [5.41, 5.74) is 0. The minimum absolute atomic E-state index is 0. The number of unbranched alkanes of at least 4 members (excludes halogenated alkanes) is 1. The van der Waals surface area contributed by atoms with E-state index in [9.17, 15) is 14.4 Å². The number of amides is 4. The number of hydrogen-bond acceptors (Lipinski definition) is 10. The zero-order chi connectivity index (χ0) is 33.4. The van der Waals surface area contributed by atoms with Crippen molar-refractivity contribution in [2.24, 2.45) is 5.92 Å². The topological polar surface area (TPSA) is 166 Å². The largest absolute Gasteiger partial charge is 0.389 e. The quantitative estimate of drug-likeness (QED) is 0.0634.